The van der Waals surface area contributed by atoms with Crippen molar-refractivity contribution in [1.82, 2.24) is 9.97 Å². The van der Waals surface area contributed by atoms with Gasteiger partial charge in [-0.2, -0.15) is 0 Å². The predicted molar refractivity (Wildman–Crippen MR) is 118 cm³/mol. The van der Waals surface area contributed by atoms with Gasteiger partial charge in [0.05, 0.1) is 10.3 Å². The number of carbonyl (C=O) groups excluding carboxylic acids is 1. The first-order chi connectivity index (χ1) is 15.0. The Balaban J connectivity index is 1.52. The third kappa shape index (κ3) is 3.42. The van der Waals surface area contributed by atoms with Gasteiger partial charge in [0.2, 0.25) is 0 Å². The Morgan fingerprint density at radius 2 is 1.81 bits per heavy atom. The number of hydrogen-bond donors (Lipinski definition) is 1. The molecule has 0 spiro atoms. The van der Waals surface area contributed by atoms with Crippen molar-refractivity contribution in [3.05, 3.63) is 82.0 Å². The number of nitrogens with one attached hydrogen (secondary N) is 1. The van der Waals surface area contributed by atoms with Gasteiger partial charge < -0.3 is 10.2 Å². The van der Waals surface area contributed by atoms with Crippen LogP contribution >= 0.6 is 11.3 Å². The topological polar surface area (TPSA) is 58.1 Å². The van der Waals surface area contributed by atoms with Crippen LogP contribution in [0.25, 0.3) is 10.2 Å². The molecule has 31 heavy (non-hydrogen) atoms. The maximum absolute atomic E-state index is 14.0. The Kier molecular flexibility index (Phi) is 4.86. The molecule has 3 heterocycles. The zero-order valence-electron chi connectivity index (χ0n) is 16.7. The Bertz CT molecular complexity index is 1300. The summed E-state index contributed by atoms with van der Waals surface area (Å²) in [5.41, 5.74) is 2.83. The Labute approximate surface area is 181 Å². The number of fused-ring (bicyclic) bond motifs is 2. The van der Waals surface area contributed by atoms with Crippen molar-refractivity contribution in [3.63, 3.8) is 0 Å². The molecule has 0 unspecified atom stereocenters. The van der Waals surface area contributed by atoms with Crippen molar-refractivity contribution < 1.29 is 13.6 Å². The van der Waals surface area contributed by atoms with Crippen LogP contribution in [0.1, 0.15) is 26.4 Å². The van der Waals surface area contributed by atoms with Crippen LogP contribution in [0.5, 0.6) is 0 Å². The van der Waals surface area contributed by atoms with Crippen LogP contribution < -0.4 is 10.2 Å². The van der Waals surface area contributed by atoms with E-state index in [0.29, 0.717) is 15.3 Å². The van der Waals surface area contributed by atoms with Gasteiger partial charge in [-0.15, -0.1) is 11.3 Å². The fourth-order valence-corrected chi connectivity index (χ4v) is 5.01. The molecular formula is C23H18F2N4OS. The van der Waals surface area contributed by atoms with E-state index in [9.17, 15) is 13.6 Å². The highest BCUT2D eigenvalue weighted by molar-refractivity contribution is 7.20. The summed E-state index contributed by atoms with van der Waals surface area (Å²) in [4.78, 5) is 24.9. The van der Waals surface area contributed by atoms with Gasteiger partial charge in [-0.1, -0.05) is 30.3 Å². The number of para-hydroxylation sites is 1. The molecule has 156 valence electrons. The highest BCUT2D eigenvalue weighted by atomic mass is 32.1. The summed E-state index contributed by atoms with van der Waals surface area (Å²) in [6.07, 6.45) is 2.40. The number of aryl methyl sites for hydroxylation is 1. The van der Waals surface area contributed by atoms with Crippen molar-refractivity contribution in [2.75, 3.05) is 16.8 Å². The number of thiophene rings is 1. The smallest absolute Gasteiger partial charge is 0.266 e. The molecule has 0 saturated heterocycles. The first kappa shape index (κ1) is 19.6. The molecular weight excluding hydrogens is 418 g/mol. The summed E-state index contributed by atoms with van der Waals surface area (Å²) in [5.74, 6) is -1.44. The molecule has 8 heteroatoms. The van der Waals surface area contributed by atoms with Crippen LogP contribution in [-0.4, -0.2) is 22.4 Å². The van der Waals surface area contributed by atoms with Gasteiger partial charge in [-0.3, -0.25) is 4.79 Å². The number of aromatic nitrogens is 2. The minimum atomic E-state index is -0.820. The first-order valence-electron chi connectivity index (χ1n) is 9.84. The van der Waals surface area contributed by atoms with Crippen LogP contribution in [0.4, 0.5) is 20.3 Å². The van der Waals surface area contributed by atoms with Gasteiger partial charge >= 0.3 is 0 Å². The minimum Gasteiger partial charge on any atom is -0.351 e. The van der Waals surface area contributed by atoms with Crippen molar-refractivity contribution in [2.24, 2.45) is 0 Å². The molecule has 0 saturated carbocycles. The summed E-state index contributed by atoms with van der Waals surface area (Å²) in [6.45, 7) is 3.34. The lowest BCUT2D eigenvalue weighted by Gasteiger charge is -2.30. The maximum Gasteiger partial charge on any atom is 0.266 e. The maximum atomic E-state index is 14.0. The summed E-state index contributed by atoms with van der Waals surface area (Å²) in [7, 11) is 0. The van der Waals surface area contributed by atoms with Gasteiger partial charge in [0.25, 0.3) is 5.91 Å². The number of hydrogen-bond acceptors (Lipinski definition) is 5. The first-order valence-corrected chi connectivity index (χ1v) is 10.7. The number of nitrogens with zero attached hydrogens (tertiary/aromatic N) is 3. The highest BCUT2D eigenvalue weighted by Gasteiger charge is 2.25. The Morgan fingerprint density at radius 3 is 2.58 bits per heavy atom. The van der Waals surface area contributed by atoms with E-state index in [1.165, 1.54) is 34.9 Å². The van der Waals surface area contributed by atoms with Crippen molar-refractivity contribution in [1.29, 1.82) is 0 Å². The van der Waals surface area contributed by atoms with E-state index in [1.807, 2.05) is 19.1 Å². The van der Waals surface area contributed by atoms with Crippen LogP contribution in [0, 0.1) is 18.6 Å². The number of benzene rings is 2. The predicted octanol–water partition coefficient (Wildman–Crippen LogP) is 5.09. The molecule has 1 N–H and O–H groups in total. The second-order valence-corrected chi connectivity index (χ2v) is 8.42. The fraction of sp³-hybridized carbons (Fsp3) is 0.174. The van der Waals surface area contributed by atoms with E-state index in [0.717, 1.165) is 42.8 Å². The number of anilines is 2. The third-order valence-corrected chi connectivity index (χ3v) is 6.74. The SMILES string of the molecule is Cc1c(C(=O)Nc2c(F)cccc2F)sc2ncnc(N3CCc4ccccc4C3)c12. The van der Waals surface area contributed by atoms with Gasteiger partial charge in [0, 0.05) is 13.1 Å². The fourth-order valence-electron chi connectivity index (χ4n) is 3.97. The summed E-state index contributed by atoms with van der Waals surface area (Å²) in [5, 5.41) is 3.17. The summed E-state index contributed by atoms with van der Waals surface area (Å²) < 4.78 is 28.0. The van der Waals surface area contributed by atoms with E-state index in [1.54, 1.807) is 0 Å². The Hall–Kier alpha value is -3.39. The van der Waals surface area contributed by atoms with E-state index in [-0.39, 0.29) is 0 Å². The molecule has 0 bridgehead atoms. The largest absolute Gasteiger partial charge is 0.351 e. The molecule has 0 atom stereocenters. The van der Waals surface area contributed by atoms with Crippen LogP contribution in [0.2, 0.25) is 0 Å². The zero-order valence-corrected chi connectivity index (χ0v) is 17.5. The van der Waals surface area contributed by atoms with E-state index < -0.39 is 23.2 Å². The molecule has 1 aliphatic rings. The average molecular weight is 436 g/mol. The number of carbonyl (C=O) groups is 1. The molecule has 5 nitrogen and oxygen atoms in total. The zero-order chi connectivity index (χ0) is 21.5. The average Bonchev–Trinajstić information content (AvgIpc) is 3.13. The lowest BCUT2D eigenvalue weighted by Crippen LogP contribution is -2.31. The molecule has 1 amide bonds. The van der Waals surface area contributed by atoms with E-state index in [4.69, 9.17) is 0 Å². The molecule has 4 aromatic rings. The molecule has 2 aromatic carbocycles. The van der Waals surface area contributed by atoms with Crippen LogP contribution in [0.15, 0.2) is 48.8 Å². The molecule has 1 aliphatic heterocycles. The quantitative estimate of drug-likeness (QED) is 0.486. The molecule has 0 radical (unpaired) electrons. The van der Waals surface area contributed by atoms with E-state index in [2.05, 4.69) is 32.3 Å². The van der Waals surface area contributed by atoms with Gasteiger partial charge in [-0.25, -0.2) is 18.7 Å². The second kappa shape index (κ2) is 7.70. The second-order valence-electron chi connectivity index (χ2n) is 7.42. The van der Waals surface area contributed by atoms with Crippen LogP contribution in [-0.2, 0) is 13.0 Å². The van der Waals surface area contributed by atoms with Crippen LogP contribution in [0.3, 0.4) is 0 Å². The van der Waals surface area contributed by atoms with Gasteiger partial charge in [0.1, 0.15) is 34.3 Å². The third-order valence-electron chi connectivity index (χ3n) is 5.54. The minimum absolute atomic E-state index is 0.358. The number of amides is 1. The molecule has 5 rings (SSSR count). The van der Waals surface area contributed by atoms with Gasteiger partial charge in [-0.05, 0) is 42.2 Å². The van der Waals surface area contributed by atoms with Crippen molar-refractivity contribution in [2.45, 2.75) is 19.9 Å². The lowest BCUT2D eigenvalue weighted by molar-refractivity contribution is 0.102. The summed E-state index contributed by atoms with van der Waals surface area (Å²) >= 11 is 1.19. The standard InChI is InChI=1S/C23H18F2N4OS/c1-13-18-21(29-10-9-14-5-2-3-6-15(14)11-29)26-12-27-23(18)31-20(13)22(30)28-19-16(24)7-4-8-17(19)25/h2-8,12H,9-11H2,1H3,(H,28,30). The number of halogens is 2. The number of rotatable bonds is 3. The van der Waals surface area contributed by atoms with Gasteiger partial charge in [0.15, 0.2) is 0 Å². The van der Waals surface area contributed by atoms with Crippen molar-refractivity contribution in [3.8, 4) is 0 Å². The molecule has 2 aromatic heterocycles. The normalized spacial score (nSPS) is 13.3. The van der Waals surface area contributed by atoms with Crippen molar-refractivity contribution >= 4 is 39.0 Å². The summed E-state index contributed by atoms with van der Waals surface area (Å²) in [6, 6.07) is 11.8. The molecule has 0 aliphatic carbocycles. The monoisotopic (exact) mass is 436 g/mol. The Morgan fingerprint density at radius 1 is 1.06 bits per heavy atom. The highest BCUT2D eigenvalue weighted by Crippen LogP contribution is 2.37. The molecule has 0 fully saturated rings. The lowest BCUT2D eigenvalue weighted by atomic mass is 9.99. The van der Waals surface area contributed by atoms with E-state index >= 15 is 0 Å².